The van der Waals surface area contributed by atoms with E-state index in [2.05, 4.69) is 18.4 Å². The largest absolute Gasteiger partial charge is 0.395 e. The maximum atomic E-state index is 12.4. The number of likely N-dealkylation sites (tertiary alicyclic amines) is 1. The van der Waals surface area contributed by atoms with Gasteiger partial charge in [0.1, 0.15) is 0 Å². The molecule has 2 rings (SSSR count). The fourth-order valence-electron chi connectivity index (χ4n) is 2.70. The molecule has 1 fully saturated rings. The Kier molecular flexibility index (Phi) is 6.01. The number of amides is 1. The molecule has 2 heterocycles. The van der Waals surface area contributed by atoms with Gasteiger partial charge in [-0.05, 0) is 41.1 Å². The Morgan fingerprint density at radius 3 is 3.10 bits per heavy atom. The van der Waals surface area contributed by atoms with Gasteiger partial charge >= 0.3 is 0 Å². The van der Waals surface area contributed by atoms with Gasteiger partial charge in [-0.1, -0.05) is 6.92 Å². The summed E-state index contributed by atoms with van der Waals surface area (Å²) in [5, 5.41) is 13.3. The van der Waals surface area contributed by atoms with Gasteiger partial charge in [0.25, 0.3) is 0 Å². The summed E-state index contributed by atoms with van der Waals surface area (Å²) in [5.74, 6) is 0.802. The van der Waals surface area contributed by atoms with Crippen molar-refractivity contribution in [2.75, 3.05) is 32.8 Å². The van der Waals surface area contributed by atoms with Crippen molar-refractivity contribution in [3.63, 3.8) is 0 Å². The van der Waals surface area contributed by atoms with Crippen LogP contribution in [0.25, 0.3) is 0 Å². The number of rotatable bonds is 6. The first-order valence-corrected chi connectivity index (χ1v) is 8.25. The second-order valence-electron chi connectivity index (χ2n) is 5.65. The van der Waals surface area contributed by atoms with Crippen LogP contribution in [0.15, 0.2) is 16.8 Å². The predicted octanol–water partition coefficient (Wildman–Crippen LogP) is 1.80. The Morgan fingerprint density at radius 1 is 1.60 bits per heavy atom. The minimum absolute atomic E-state index is 0.0911. The van der Waals surface area contributed by atoms with E-state index in [4.69, 9.17) is 5.11 Å². The molecule has 0 radical (unpaired) electrons. The summed E-state index contributed by atoms with van der Waals surface area (Å²) in [4.78, 5) is 16.4. The Morgan fingerprint density at radius 2 is 2.45 bits per heavy atom. The number of carbonyl (C=O) groups excluding carboxylic acids is 1. The molecule has 1 aliphatic rings. The lowest BCUT2D eigenvalue weighted by Crippen LogP contribution is -2.45. The van der Waals surface area contributed by atoms with E-state index in [1.807, 2.05) is 15.2 Å². The molecule has 0 aromatic carbocycles. The molecule has 1 aliphatic heterocycles. The highest BCUT2D eigenvalue weighted by molar-refractivity contribution is 7.07. The molecular weight excluding hydrogens is 272 g/mol. The molecule has 4 nitrogen and oxygen atoms in total. The van der Waals surface area contributed by atoms with Crippen LogP contribution in [0.1, 0.15) is 25.3 Å². The van der Waals surface area contributed by atoms with Crippen molar-refractivity contribution in [1.29, 1.82) is 0 Å². The van der Waals surface area contributed by atoms with Crippen LogP contribution in [-0.2, 0) is 11.3 Å². The Balaban J connectivity index is 1.88. The van der Waals surface area contributed by atoms with Crippen molar-refractivity contribution < 1.29 is 9.90 Å². The average Bonchev–Trinajstić information content (AvgIpc) is 2.92. The third-order valence-electron chi connectivity index (χ3n) is 3.77. The lowest BCUT2D eigenvalue weighted by Gasteiger charge is -2.32. The number of thiophene rings is 1. The first-order chi connectivity index (χ1) is 9.69. The van der Waals surface area contributed by atoms with Crippen LogP contribution < -0.4 is 0 Å². The zero-order valence-corrected chi connectivity index (χ0v) is 12.9. The Hall–Kier alpha value is -0.910. The number of hydrogen-bond donors (Lipinski definition) is 1. The molecule has 1 N–H and O–H groups in total. The average molecular weight is 296 g/mol. The van der Waals surface area contributed by atoms with Gasteiger partial charge < -0.3 is 10.0 Å². The van der Waals surface area contributed by atoms with Crippen LogP contribution >= 0.6 is 11.3 Å². The van der Waals surface area contributed by atoms with Crippen molar-refractivity contribution in [3.8, 4) is 0 Å². The molecule has 1 aromatic rings. The Bertz CT molecular complexity index is 408. The molecule has 112 valence electrons. The lowest BCUT2D eigenvalue weighted by molar-refractivity contribution is -0.134. The summed E-state index contributed by atoms with van der Waals surface area (Å²) < 4.78 is 0. The topological polar surface area (TPSA) is 43.8 Å². The molecule has 0 bridgehead atoms. The third-order valence-corrected chi connectivity index (χ3v) is 4.50. The molecule has 5 heteroatoms. The van der Waals surface area contributed by atoms with Gasteiger partial charge in [-0.2, -0.15) is 11.3 Å². The van der Waals surface area contributed by atoms with Crippen molar-refractivity contribution in [3.05, 3.63) is 22.4 Å². The molecule has 1 atom stereocenters. The summed E-state index contributed by atoms with van der Waals surface area (Å²) in [6.45, 7) is 5.75. The molecule has 1 aromatic heterocycles. The molecule has 0 saturated carbocycles. The van der Waals surface area contributed by atoms with Gasteiger partial charge in [-0.3, -0.25) is 9.69 Å². The van der Waals surface area contributed by atoms with Gasteiger partial charge in [0.15, 0.2) is 0 Å². The van der Waals surface area contributed by atoms with Crippen LogP contribution in [0.2, 0.25) is 0 Å². The van der Waals surface area contributed by atoms with E-state index in [1.165, 1.54) is 12.0 Å². The fraction of sp³-hybridized carbons (Fsp3) is 0.667. The van der Waals surface area contributed by atoms with Crippen LogP contribution in [0.4, 0.5) is 0 Å². The maximum absolute atomic E-state index is 12.4. The number of aliphatic hydroxyl groups excluding tert-OH is 1. The number of nitrogens with zero attached hydrogens (tertiary/aromatic N) is 2. The summed E-state index contributed by atoms with van der Waals surface area (Å²) in [6, 6.07) is 2.07. The number of aliphatic hydroxyl groups is 1. The number of hydrogen-bond acceptors (Lipinski definition) is 4. The molecule has 0 unspecified atom stereocenters. The van der Waals surface area contributed by atoms with E-state index in [1.54, 1.807) is 11.3 Å². The quantitative estimate of drug-likeness (QED) is 0.870. The fourth-order valence-corrected chi connectivity index (χ4v) is 3.36. The summed E-state index contributed by atoms with van der Waals surface area (Å²) in [6.07, 6.45) is 2.33. The molecular formula is C15H24N2O2S. The SMILES string of the molecule is C[C@H]1CCCN(C(=O)CN(CCO)Cc2ccsc2)C1. The van der Waals surface area contributed by atoms with Crippen molar-refractivity contribution in [1.82, 2.24) is 9.80 Å². The highest BCUT2D eigenvalue weighted by atomic mass is 32.1. The predicted molar refractivity (Wildman–Crippen MR) is 81.7 cm³/mol. The first-order valence-electron chi connectivity index (χ1n) is 7.31. The molecule has 0 spiro atoms. The van der Waals surface area contributed by atoms with Crippen LogP contribution in [0.3, 0.4) is 0 Å². The minimum Gasteiger partial charge on any atom is -0.395 e. The van der Waals surface area contributed by atoms with Crippen LogP contribution in [-0.4, -0.2) is 53.6 Å². The number of carbonyl (C=O) groups is 1. The van der Waals surface area contributed by atoms with E-state index in [-0.39, 0.29) is 12.5 Å². The van der Waals surface area contributed by atoms with Crippen molar-refractivity contribution in [2.45, 2.75) is 26.3 Å². The van der Waals surface area contributed by atoms with Crippen LogP contribution in [0.5, 0.6) is 0 Å². The van der Waals surface area contributed by atoms with Gasteiger partial charge in [0, 0.05) is 26.2 Å². The molecule has 1 saturated heterocycles. The highest BCUT2D eigenvalue weighted by Gasteiger charge is 2.22. The lowest BCUT2D eigenvalue weighted by atomic mass is 10.0. The first kappa shape index (κ1) is 15.5. The summed E-state index contributed by atoms with van der Waals surface area (Å²) >= 11 is 1.66. The minimum atomic E-state index is 0.0911. The van der Waals surface area contributed by atoms with Gasteiger partial charge in [0.2, 0.25) is 5.91 Å². The molecule has 20 heavy (non-hydrogen) atoms. The van der Waals surface area contributed by atoms with E-state index < -0.39 is 0 Å². The highest BCUT2D eigenvalue weighted by Crippen LogP contribution is 2.16. The van der Waals surface area contributed by atoms with Gasteiger partial charge in [-0.25, -0.2) is 0 Å². The smallest absolute Gasteiger partial charge is 0.236 e. The van der Waals surface area contributed by atoms with Crippen molar-refractivity contribution in [2.24, 2.45) is 5.92 Å². The van der Waals surface area contributed by atoms with Crippen LogP contribution in [0, 0.1) is 5.92 Å². The standard InChI is InChI=1S/C15H24N2O2S/c1-13-3-2-5-17(9-13)15(19)11-16(6-7-18)10-14-4-8-20-12-14/h4,8,12-13,18H,2-3,5-7,9-11H2,1H3/t13-/m0/s1. The second-order valence-corrected chi connectivity index (χ2v) is 6.43. The summed E-state index contributed by atoms with van der Waals surface area (Å²) in [5.41, 5.74) is 1.21. The normalized spacial score (nSPS) is 19.6. The van der Waals surface area contributed by atoms with Gasteiger partial charge in [-0.15, -0.1) is 0 Å². The zero-order valence-electron chi connectivity index (χ0n) is 12.1. The van der Waals surface area contributed by atoms with E-state index in [0.29, 0.717) is 19.0 Å². The molecule has 0 aliphatic carbocycles. The number of piperidine rings is 1. The Labute approximate surface area is 125 Å². The van der Waals surface area contributed by atoms with Crippen molar-refractivity contribution >= 4 is 17.2 Å². The second kappa shape index (κ2) is 7.76. The summed E-state index contributed by atoms with van der Waals surface area (Å²) in [7, 11) is 0. The maximum Gasteiger partial charge on any atom is 0.236 e. The van der Waals surface area contributed by atoms with E-state index in [0.717, 1.165) is 26.1 Å². The monoisotopic (exact) mass is 296 g/mol. The van der Waals surface area contributed by atoms with E-state index >= 15 is 0 Å². The van der Waals surface area contributed by atoms with E-state index in [9.17, 15) is 4.79 Å². The zero-order chi connectivity index (χ0) is 14.4. The van der Waals surface area contributed by atoms with Gasteiger partial charge in [0.05, 0.1) is 13.2 Å². The third kappa shape index (κ3) is 4.58. The molecule has 1 amide bonds.